The first-order valence-electron chi connectivity index (χ1n) is 6.15. The maximum Gasteiger partial charge on any atom is 0.219 e. The van der Waals surface area contributed by atoms with Gasteiger partial charge in [-0.05, 0) is 43.7 Å². The number of hydrogen-bond donors (Lipinski definition) is 1. The predicted molar refractivity (Wildman–Crippen MR) is 72.7 cm³/mol. The lowest BCUT2D eigenvalue weighted by atomic mass is 10.3. The van der Waals surface area contributed by atoms with E-state index in [0.29, 0.717) is 17.4 Å². The molecule has 0 amide bonds. The van der Waals surface area contributed by atoms with Gasteiger partial charge in [0, 0.05) is 12.3 Å². The Balaban J connectivity index is 2.00. The maximum absolute atomic E-state index is 8.91. The molecule has 0 radical (unpaired) electrons. The van der Waals surface area contributed by atoms with Crippen molar-refractivity contribution in [1.29, 1.82) is 0 Å². The van der Waals surface area contributed by atoms with E-state index in [0.717, 1.165) is 5.56 Å². The van der Waals surface area contributed by atoms with Gasteiger partial charge >= 0.3 is 0 Å². The molecule has 0 aliphatic rings. The molecule has 4 nitrogen and oxygen atoms in total. The highest BCUT2D eigenvalue weighted by Gasteiger charge is 2.03. The van der Waals surface area contributed by atoms with Crippen LogP contribution >= 0.6 is 0 Å². The Bertz CT molecular complexity index is 508. The van der Waals surface area contributed by atoms with Gasteiger partial charge in [0.05, 0.1) is 6.61 Å². The minimum Gasteiger partial charge on any atom is -0.488 e. The van der Waals surface area contributed by atoms with Crippen molar-refractivity contribution in [3.8, 4) is 17.4 Å². The fourth-order valence-corrected chi connectivity index (χ4v) is 1.49. The lowest BCUT2D eigenvalue weighted by molar-refractivity contribution is 0.129. The summed E-state index contributed by atoms with van der Waals surface area (Å²) in [6.07, 6.45) is 1.54. The highest BCUT2D eigenvalue weighted by atomic mass is 16.5. The quantitative estimate of drug-likeness (QED) is 0.897. The molecular formula is C15H17NO3. The van der Waals surface area contributed by atoms with Gasteiger partial charge in [-0.25, -0.2) is 4.98 Å². The van der Waals surface area contributed by atoms with Gasteiger partial charge in [0.1, 0.15) is 17.6 Å². The highest BCUT2D eigenvalue weighted by molar-refractivity contribution is 5.33. The van der Waals surface area contributed by atoms with Crippen LogP contribution in [0.1, 0.15) is 12.5 Å². The molecule has 4 heteroatoms. The van der Waals surface area contributed by atoms with Crippen LogP contribution in [0.4, 0.5) is 0 Å². The maximum atomic E-state index is 8.91. The lowest BCUT2D eigenvalue weighted by Gasteiger charge is -2.12. The zero-order valence-electron chi connectivity index (χ0n) is 11.0. The fraction of sp³-hybridized carbons (Fsp3) is 0.267. The number of aryl methyl sites for hydroxylation is 1. The number of aromatic nitrogens is 1. The molecule has 1 N–H and O–H groups in total. The van der Waals surface area contributed by atoms with E-state index in [-0.39, 0.29) is 12.7 Å². The van der Waals surface area contributed by atoms with Crippen molar-refractivity contribution in [2.75, 3.05) is 6.61 Å². The van der Waals surface area contributed by atoms with Crippen molar-refractivity contribution in [2.45, 2.75) is 20.0 Å². The Morgan fingerprint density at radius 1 is 1.11 bits per heavy atom. The van der Waals surface area contributed by atoms with Crippen LogP contribution in [0.15, 0.2) is 42.6 Å². The zero-order chi connectivity index (χ0) is 13.7. The van der Waals surface area contributed by atoms with Gasteiger partial charge in [0.2, 0.25) is 5.88 Å². The summed E-state index contributed by atoms with van der Waals surface area (Å²) in [5, 5.41) is 8.91. The van der Waals surface area contributed by atoms with Crippen LogP contribution in [-0.4, -0.2) is 22.8 Å². The second kappa shape index (κ2) is 6.20. The van der Waals surface area contributed by atoms with Gasteiger partial charge in [-0.1, -0.05) is 6.07 Å². The van der Waals surface area contributed by atoms with Crippen LogP contribution in [0.3, 0.4) is 0 Å². The first-order valence-corrected chi connectivity index (χ1v) is 6.15. The molecule has 0 spiro atoms. The summed E-state index contributed by atoms with van der Waals surface area (Å²) in [5.74, 6) is 1.95. The fourth-order valence-electron chi connectivity index (χ4n) is 1.49. The largest absolute Gasteiger partial charge is 0.488 e. The molecule has 1 aromatic heterocycles. The second-order valence-corrected chi connectivity index (χ2v) is 4.36. The second-order valence-electron chi connectivity index (χ2n) is 4.36. The molecule has 2 aromatic rings. The van der Waals surface area contributed by atoms with E-state index in [2.05, 4.69) is 4.98 Å². The summed E-state index contributed by atoms with van der Waals surface area (Å²) >= 11 is 0. The standard InChI is InChI=1S/C15H17NO3/c1-11-3-8-15(16-9-11)19-14-6-4-13(5-7-14)18-12(2)10-17/h3-9,12,17H,10H2,1-2H3. The van der Waals surface area contributed by atoms with Crippen molar-refractivity contribution in [2.24, 2.45) is 0 Å². The molecule has 0 bridgehead atoms. The smallest absolute Gasteiger partial charge is 0.219 e. The van der Waals surface area contributed by atoms with E-state index < -0.39 is 0 Å². The van der Waals surface area contributed by atoms with E-state index in [1.165, 1.54) is 0 Å². The van der Waals surface area contributed by atoms with Gasteiger partial charge in [-0.2, -0.15) is 0 Å². The van der Waals surface area contributed by atoms with Crippen LogP contribution in [0, 0.1) is 6.92 Å². The Kier molecular flexibility index (Phi) is 4.36. The third-order valence-electron chi connectivity index (χ3n) is 2.52. The van der Waals surface area contributed by atoms with Crippen LogP contribution in [-0.2, 0) is 0 Å². The topological polar surface area (TPSA) is 51.6 Å². The summed E-state index contributed by atoms with van der Waals surface area (Å²) in [6.45, 7) is 3.78. The van der Waals surface area contributed by atoms with E-state index in [1.807, 2.05) is 19.1 Å². The van der Waals surface area contributed by atoms with Crippen molar-refractivity contribution in [3.63, 3.8) is 0 Å². The number of ether oxygens (including phenoxy) is 2. The Morgan fingerprint density at radius 2 is 1.79 bits per heavy atom. The van der Waals surface area contributed by atoms with Crippen LogP contribution in [0.5, 0.6) is 17.4 Å². The molecule has 1 unspecified atom stereocenters. The van der Waals surface area contributed by atoms with Gasteiger partial charge in [0.15, 0.2) is 0 Å². The molecule has 0 saturated heterocycles. The predicted octanol–water partition coefficient (Wildman–Crippen LogP) is 2.94. The van der Waals surface area contributed by atoms with Crippen LogP contribution in [0.25, 0.3) is 0 Å². The molecule has 1 aromatic carbocycles. The van der Waals surface area contributed by atoms with Crippen molar-refractivity contribution in [3.05, 3.63) is 48.2 Å². The monoisotopic (exact) mass is 259 g/mol. The zero-order valence-corrected chi connectivity index (χ0v) is 11.0. The molecule has 0 fully saturated rings. The normalized spacial score (nSPS) is 11.9. The molecule has 0 aliphatic heterocycles. The lowest BCUT2D eigenvalue weighted by Crippen LogP contribution is -2.15. The van der Waals surface area contributed by atoms with Gasteiger partial charge < -0.3 is 14.6 Å². The number of nitrogens with zero attached hydrogens (tertiary/aromatic N) is 1. The number of aliphatic hydroxyl groups excluding tert-OH is 1. The average Bonchev–Trinajstić information content (AvgIpc) is 2.43. The van der Waals surface area contributed by atoms with Crippen LogP contribution in [0.2, 0.25) is 0 Å². The summed E-state index contributed by atoms with van der Waals surface area (Å²) in [5.41, 5.74) is 1.09. The summed E-state index contributed by atoms with van der Waals surface area (Å²) in [4.78, 5) is 4.17. The van der Waals surface area contributed by atoms with E-state index in [1.54, 1.807) is 37.4 Å². The van der Waals surface area contributed by atoms with E-state index in [4.69, 9.17) is 14.6 Å². The Hall–Kier alpha value is -2.07. The minimum atomic E-state index is -0.217. The van der Waals surface area contributed by atoms with Crippen molar-refractivity contribution in [1.82, 2.24) is 4.98 Å². The van der Waals surface area contributed by atoms with Gasteiger partial charge in [-0.3, -0.25) is 0 Å². The molecule has 100 valence electrons. The van der Waals surface area contributed by atoms with E-state index >= 15 is 0 Å². The molecule has 2 rings (SSSR count). The SMILES string of the molecule is Cc1ccc(Oc2ccc(OC(C)CO)cc2)nc1. The summed E-state index contributed by atoms with van der Waals surface area (Å²) in [6, 6.07) is 11.0. The molecular weight excluding hydrogens is 242 g/mol. The average molecular weight is 259 g/mol. The molecule has 19 heavy (non-hydrogen) atoms. The third kappa shape index (κ3) is 3.96. The number of pyridine rings is 1. The first kappa shape index (κ1) is 13.4. The molecule has 0 saturated carbocycles. The molecule has 0 aliphatic carbocycles. The van der Waals surface area contributed by atoms with Crippen molar-refractivity contribution >= 4 is 0 Å². The summed E-state index contributed by atoms with van der Waals surface area (Å²) in [7, 11) is 0. The number of rotatable bonds is 5. The number of benzene rings is 1. The molecule has 1 heterocycles. The number of aliphatic hydroxyl groups is 1. The Labute approximate surface area is 112 Å². The Morgan fingerprint density at radius 3 is 2.37 bits per heavy atom. The van der Waals surface area contributed by atoms with Crippen molar-refractivity contribution < 1.29 is 14.6 Å². The molecule has 1 atom stereocenters. The summed E-state index contributed by atoms with van der Waals surface area (Å²) < 4.78 is 11.1. The highest BCUT2D eigenvalue weighted by Crippen LogP contribution is 2.22. The first-order chi connectivity index (χ1) is 9.17. The van der Waals surface area contributed by atoms with Gasteiger partial charge in [0.25, 0.3) is 0 Å². The minimum absolute atomic E-state index is 0.00839. The van der Waals surface area contributed by atoms with E-state index in [9.17, 15) is 0 Å². The van der Waals surface area contributed by atoms with Crippen LogP contribution < -0.4 is 9.47 Å². The number of hydrogen-bond acceptors (Lipinski definition) is 4. The van der Waals surface area contributed by atoms with Gasteiger partial charge in [-0.15, -0.1) is 0 Å². The third-order valence-corrected chi connectivity index (χ3v) is 2.52.